The fourth-order valence-corrected chi connectivity index (χ4v) is 6.31. The van der Waals surface area contributed by atoms with Gasteiger partial charge in [-0.1, -0.05) is 65.0 Å². The lowest BCUT2D eigenvalue weighted by atomic mass is 9.88. The molecule has 2 aromatic carbocycles. The number of hydrogen-bond donors (Lipinski definition) is 0. The molecule has 0 saturated heterocycles. The van der Waals surface area contributed by atoms with Gasteiger partial charge in [-0.3, -0.25) is 4.98 Å². The van der Waals surface area contributed by atoms with Crippen LogP contribution in [0.25, 0.3) is 22.0 Å². The van der Waals surface area contributed by atoms with Crippen molar-refractivity contribution < 1.29 is 19.4 Å². The minimum absolute atomic E-state index is 0.113. The lowest BCUT2D eigenvalue weighted by Crippen LogP contribution is -2.40. The highest BCUT2D eigenvalue weighted by Crippen LogP contribution is 2.44. The number of aromatic nitrogens is 3. The van der Waals surface area contributed by atoms with E-state index < -0.39 is 11.4 Å². The molecule has 5 rings (SSSR count). The standard InChI is InChI=1S/C37H41N3O4S/c1-7-43-33-18-15-27(22-39-33)26-13-11-25(12-14-26)23-40-31-17-16-29(44-24-28-10-8-9-19-38-28)20-30(31)34(45-36(2,3)4)32(40)21-37(5,6)35(41)42/h8-20,22H,7,21,23-24H2,1-6H3,(H,41,42)/p-1. The van der Waals surface area contributed by atoms with E-state index in [-0.39, 0.29) is 4.75 Å². The quantitative estimate of drug-likeness (QED) is 0.135. The van der Waals surface area contributed by atoms with Gasteiger partial charge in [0.2, 0.25) is 5.88 Å². The third-order valence-corrected chi connectivity index (χ3v) is 8.70. The van der Waals surface area contributed by atoms with Crippen LogP contribution < -0.4 is 14.6 Å². The van der Waals surface area contributed by atoms with Gasteiger partial charge in [0.25, 0.3) is 0 Å². The molecular weight excluding hydrogens is 582 g/mol. The topological polar surface area (TPSA) is 89.3 Å². The number of carboxylic acids is 1. The SMILES string of the molecule is CCOc1ccc(-c2ccc(Cn3c(CC(C)(C)C(=O)[O-])c(SC(C)(C)C)c4cc(OCc5ccccn5)ccc43)cc2)cn1. The van der Waals surface area contributed by atoms with E-state index in [1.54, 1.807) is 31.8 Å². The average molecular weight is 623 g/mol. The second kappa shape index (κ2) is 13.4. The highest BCUT2D eigenvalue weighted by Gasteiger charge is 2.29. The maximum atomic E-state index is 12.2. The number of fused-ring (bicyclic) bond motifs is 1. The van der Waals surface area contributed by atoms with Gasteiger partial charge < -0.3 is 23.9 Å². The number of aliphatic carboxylic acids is 1. The Bertz CT molecular complexity index is 1760. The molecule has 0 aliphatic rings. The second-order valence-electron chi connectivity index (χ2n) is 12.7. The van der Waals surface area contributed by atoms with Gasteiger partial charge in [0.1, 0.15) is 12.4 Å². The normalized spacial score (nSPS) is 12.0. The second-order valence-corrected chi connectivity index (χ2v) is 14.6. The summed E-state index contributed by atoms with van der Waals surface area (Å²) in [5.74, 6) is 0.275. The molecule has 8 heteroatoms. The molecule has 0 bridgehead atoms. The predicted octanol–water partition coefficient (Wildman–Crippen LogP) is 7.33. The van der Waals surface area contributed by atoms with Crippen molar-refractivity contribution in [2.45, 2.75) is 70.8 Å². The van der Waals surface area contributed by atoms with E-state index in [2.05, 4.69) is 71.7 Å². The fourth-order valence-electron chi connectivity index (χ4n) is 5.12. The molecular formula is C37H40N3O4S-. The van der Waals surface area contributed by atoms with Crippen molar-refractivity contribution >= 4 is 28.6 Å². The lowest BCUT2D eigenvalue weighted by molar-refractivity contribution is -0.317. The summed E-state index contributed by atoms with van der Waals surface area (Å²) in [5, 5.41) is 13.3. The molecule has 0 atom stereocenters. The van der Waals surface area contributed by atoms with Crippen LogP contribution in [-0.2, 0) is 24.4 Å². The van der Waals surface area contributed by atoms with Crippen LogP contribution in [-0.4, -0.2) is 31.9 Å². The number of hydrogen-bond acceptors (Lipinski definition) is 7. The van der Waals surface area contributed by atoms with Crippen molar-refractivity contribution in [2.24, 2.45) is 5.41 Å². The zero-order valence-corrected chi connectivity index (χ0v) is 27.6. The number of ether oxygens (including phenoxy) is 2. The van der Waals surface area contributed by atoms with E-state index in [1.165, 1.54) is 0 Å². The van der Waals surface area contributed by atoms with E-state index >= 15 is 0 Å². The first-order valence-corrected chi connectivity index (χ1v) is 16.0. The summed E-state index contributed by atoms with van der Waals surface area (Å²) in [7, 11) is 0. The Balaban J connectivity index is 1.55. The van der Waals surface area contributed by atoms with Gasteiger partial charge in [0.15, 0.2) is 0 Å². The van der Waals surface area contributed by atoms with Crippen LogP contribution in [0.4, 0.5) is 0 Å². The lowest BCUT2D eigenvalue weighted by Gasteiger charge is -2.28. The molecule has 7 nitrogen and oxygen atoms in total. The van der Waals surface area contributed by atoms with Crippen molar-refractivity contribution in [3.8, 4) is 22.8 Å². The molecule has 0 fully saturated rings. The van der Waals surface area contributed by atoms with Gasteiger partial charge in [-0.05, 0) is 60.9 Å². The average Bonchev–Trinajstić information content (AvgIpc) is 3.26. The predicted molar refractivity (Wildman–Crippen MR) is 179 cm³/mol. The van der Waals surface area contributed by atoms with Crippen LogP contribution in [0.1, 0.15) is 58.5 Å². The molecule has 5 aromatic rings. The smallest absolute Gasteiger partial charge is 0.213 e. The Kier molecular flexibility index (Phi) is 9.53. The van der Waals surface area contributed by atoms with Gasteiger partial charge in [-0.25, -0.2) is 4.98 Å². The number of nitrogens with zero attached hydrogens (tertiary/aromatic N) is 3. The fraction of sp³-hybridized carbons (Fsp3) is 0.324. The van der Waals surface area contributed by atoms with Crippen molar-refractivity contribution in [2.75, 3.05) is 6.61 Å². The molecule has 234 valence electrons. The summed E-state index contributed by atoms with van der Waals surface area (Å²) >= 11 is 1.75. The minimum atomic E-state index is -1.07. The molecule has 0 aliphatic carbocycles. The maximum Gasteiger partial charge on any atom is 0.213 e. The first-order chi connectivity index (χ1) is 21.4. The van der Waals surface area contributed by atoms with Crippen molar-refractivity contribution in [3.05, 3.63) is 102 Å². The van der Waals surface area contributed by atoms with Gasteiger partial charge in [0.05, 0.1) is 12.3 Å². The van der Waals surface area contributed by atoms with Crippen LogP contribution in [0.2, 0.25) is 0 Å². The Morgan fingerprint density at radius 2 is 1.67 bits per heavy atom. The third kappa shape index (κ3) is 7.87. The highest BCUT2D eigenvalue weighted by atomic mass is 32.2. The summed E-state index contributed by atoms with van der Waals surface area (Å²) in [6, 6.07) is 24.2. The maximum absolute atomic E-state index is 12.2. The Morgan fingerprint density at radius 1 is 0.911 bits per heavy atom. The van der Waals surface area contributed by atoms with Crippen LogP contribution in [0.3, 0.4) is 0 Å². The summed E-state index contributed by atoms with van der Waals surface area (Å²) in [4.78, 5) is 22.1. The van der Waals surface area contributed by atoms with E-state index in [4.69, 9.17) is 9.47 Å². The molecule has 0 amide bonds. The highest BCUT2D eigenvalue weighted by molar-refractivity contribution is 8.00. The number of rotatable bonds is 12. The molecule has 0 saturated carbocycles. The van der Waals surface area contributed by atoms with Crippen LogP contribution in [0, 0.1) is 5.41 Å². The third-order valence-electron chi connectivity index (χ3n) is 7.43. The number of carbonyl (C=O) groups excluding carboxylic acids is 1. The zero-order chi connectivity index (χ0) is 32.2. The minimum Gasteiger partial charge on any atom is -0.550 e. The summed E-state index contributed by atoms with van der Waals surface area (Å²) in [6.07, 6.45) is 3.90. The molecule has 0 radical (unpaired) electrons. The summed E-state index contributed by atoms with van der Waals surface area (Å²) in [5.41, 5.74) is 4.95. The van der Waals surface area contributed by atoms with Crippen molar-refractivity contribution in [1.29, 1.82) is 0 Å². The molecule has 3 aromatic heterocycles. The Morgan fingerprint density at radius 3 is 2.29 bits per heavy atom. The van der Waals surface area contributed by atoms with Gasteiger partial charge in [-0.2, -0.15) is 0 Å². The molecule has 0 N–H and O–H groups in total. The van der Waals surface area contributed by atoms with E-state index in [0.717, 1.165) is 49.6 Å². The van der Waals surface area contributed by atoms with Crippen LogP contribution >= 0.6 is 11.8 Å². The molecule has 0 unspecified atom stereocenters. The number of thioether (sulfide) groups is 1. The molecule has 45 heavy (non-hydrogen) atoms. The number of benzene rings is 2. The number of carboxylic acid groups (broad SMARTS) is 1. The first-order valence-electron chi connectivity index (χ1n) is 15.2. The van der Waals surface area contributed by atoms with Crippen LogP contribution in [0.5, 0.6) is 11.6 Å². The van der Waals surface area contributed by atoms with Gasteiger partial charge in [-0.15, -0.1) is 11.8 Å². The number of carbonyl (C=O) groups is 1. The van der Waals surface area contributed by atoms with E-state index in [0.29, 0.717) is 32.1 Å². The summed E-state index contributed by atoms with van der Waals surface area (Å²) < 4.78 is 13.8. The van der Waals surface area contributed by atoms with Crippen molar-refractivity contribution in [3.63, 3.8) is 0 Å². The van der Waals surface area contributed by atoms with E-state index in [9.17, 15) is 9.90 Å². The first kappa shape index (κ1) is 32.1. The number of pyridine rings is 2. The monoisotopic (exact) mass is 622 g/mol. The largest absolute Gasteiger partial charge is 0.550 e. The summed E-state index contributed by atoms with van der Waals surface area (Å²) in [6.45, 7) is 13.4. The molecule has 0 aliphatic heterocycles. The van der Waals surface area contributed by atoms with E-state index in [1.807, 2.05) is 49.5 Å². The zero-order valence-electron chi connectivity index (χ0n) is 26.8. The Labute approximate surface area is 269 Å². The molecule has 3 heterocycles. The van der Waals surface area contributed by atoms with Crippen LogP contribution in [0.15, 0.2) is 90.1 Å². The van der Waals surface area contributed by atoms with Gasteiger partial charge in [0, 0.05) is 68.2 Å². The Hall–Kier alpha value is -4.30. The van der Waals surface area contributed by atoms with Crippen molar-refractivity contribution in [1.82, 2.24) is 14.5 Å². The van der Waals surface area contributed by atoms with Gasteiger partial charge >= 0.3 is 0 Å². The molecule has 0 spiro atoms.